The van der Waals surface area contributed by atoms with Gasteiger partial charge >= 0.3 is 11.9 Å². The monoisotopic (exact) mass is 654 g/mol. The van der Waals surface area contributed by atoms with Crippen molar-refractivity contribution in [3.05, 3.63) is 23.3 Å². The molecule has 12 atom stereocenters. The van der Waals surface area contributed by atoms with Crippen molar-refractivity contribution < 1.29 is 34.1 Å². The molecule has 0 aromatic heterocycles. The first-order valence-electron chi connectivity index (χ1n) is 18.3. The number of ether oxygens (including phenoxy) is 2. The maximum absolute atomic E-state index is 13.7. The number of aliphatic hydroxyl groups is 2. The molecular formula is C40H62O7. The second kappa shape index (κ2) is 11.8. The topological polar surface area (TPSA) is 110 Å². The Morgan fingerprint density at radius 3 is 2.21 bits per heavy atom. The van der Waals surface area contributed by atoms with Gasteiger partial charge in [-0.15, -0.1) is 0 Å². The number of fused-ring (bicyclic) bond motifs is 7. The van der Waals surface area contributed by atoms with Crippen LogP contribution in [-0.2, 0) is 23.9 Å². The Balaban J connectivity index is 1.65. The fraction of sp³-hybridized carbons (Fsp3) is 0.825. The molecule has 0 radical (unpaired) electrons. The Morgan fingerprint density at radius 1 is 0.957 bits per heavy atom. The smallest absolute Gasteiger partial charge is 0.333 e. The highest BCUT2D eigenvalue weighted by molar-refractivity contribution is 5.88. The van der Waals surface area contributed by atoms with E-state index in [1.807, 2.05) is 20.8 Å². The van der Waals surface area contributed by atoms with Crippen molar-refractivity contribution in [1.82, 2.24) is 0 Å². The summed E-state index contributed by atoms with van der Waals surface area (Å²) in [5.41, 5.74) is -1.17. The summed E-state index contributed by atoms with van der Waals surface area (Å²) in [6, 6.07) is 0. The van der Waals surface area contributed by atoms with Crippen LogP contribution in [0.4, 0.5) is 0 Å². The van der Waals surface area contributed by atoms with Crippen LogP contribution in [0.25, 0.3) is 0 Å². The minimum Gasteiger partial charge on any atom is -0.457 e. The quantitative estimate of drug-likeness (QED) is 0.133. The van der Waals surface area contributed by atoms with Gasteiger partial charge < -0.3 is 24.5 Å². The normalized spacial score (nSPS) is 45.9. The van der Waals surface area contributed by atoms with Crippen LogP contribution in [0.2, 0.25) is 0 Å². The molecule has 7 heteroatoms. The van der Waals surface area contributed by atoms with E-state index in [2.05, 4.69) is 40.7 Å². The van der Waals surface area contributed by atoms with Crippen LogP contribution in [0.15, 0.2) is 23.3 Å². The van der Waals surface area contributed by atoms with Crippen LogP contribution in [0.5, 0.6) is 0 Å². The Hall–Kier alpha value is -1.99. The van der Waals surface area contributed by atoms with Crippen LogP contribution in [0.3, 0.4) is 0 Å². The molecule has 5 rings (SSSR count). The average Bonchev–Trinajstić information content (AvgIpc) is 3.00. The van der Waals surface area contributed by atoms with Crippen molar-refractivity contribution >= 4 is 18.2 Å². The Kier molecular flexibility index (Phi) is 9.12. The predicted octanol–water partition coefficient (Wildman–Crippen LogP) is 7.37. The van der Waals surface area contributed by atoms with E-state index in [1.54, 1.807) is 26.8 Å². The lowest BCUT2D eigenvalue weighted by Gasteiger charge is -2.72. The highest BCUT2D eigenvalue weighted by Crippen LogP contribution is 2.75. The molecular weight excluding hydrogens is 592 g/mol. The molecule has 4 saturated carbocycles. The first-order valence-corrected chi connectivity index (χ1v) is 18.3. The molecule has 0 bridgehead atoms. The van der Waals surface area contributed by atoms with Crippen molar-refractivity contribution in [2.45, 2.75) is 152 Å². The number of carbonyl (C=O) groups excluding carboxylic acids is 3. The van der Waals surface area contributed by atoms with Gasteiger partial charge in [-0.05, 0) is 105 Å². The van der Waals surface area contributed by atoms with Crippen LogP contribution >= 0.6 is 0 Å². The van der Waals surface area contributed by atoms with Gasteiger partial charge in [0.15, 0.2) is 6.10 Å². The molecule has 7 nitrogen and oxygen atoms in total. The molecule has 4 fully saturated rings. The van der Waals surface area contributed by atoms with Crippen molar-refractivity contribution in [1.29, 1.82) is 0 Å². The molecule has 2 unspecified atom stereocenters. The summed E-state index contributed by atoms with van der Waals surface area (Å²) < 4.78 is 12.5. The number of esters is 2. The van der Waals surface area contributed by atoms with Gasteiger partial charge in [0.2, 0.25) is 0 Å². The van der Waals surface area contributed by atoms with Gasteiger partial charge in [0.25, 0.3) is 0 Å². The molecule has 47 heavy (non-hydrogen) atoms. The molecule has 0 saturated heterocycles. The zero-order valence-electron chi connectivity index (χ0n) is 30.9. The Morgan fingerprint density at radius 2 is 1.62 bits per heavy atom. The largest absolute Gasteiger partial charge is 0.457 e. The van der Waals surface area contributed by atoms with E-state index in [0.717, 1.165) is 38.4 Å². The van der Waals surface area contributed by atoms with Crippen LogP contribution in [0, 0.1) is 56.2 Å². The van der Waals surface area contributed by atoms with E-state index in [1.165, 1.54) is 5.57 Å². The summed E-state index contributed by atoms with van der Waals surface area (Å²) in [4.78, 5) is 40.5. The average molecular weight is 655 g/mol. The molecule has 0 spiro atoms. The highest BCUT2D eigenvalue weighted by atomic mass is 16.6. The summed E-state index contributed by atoms with van der Waals surface area (Å²) in [6.07, 6.45) is 7.51. The predicted molar refractivity (Wildman–Crippen MR) is 182 cm³/mol. The minimum atomic E-state index is -1.46. The summed E-state index contributed by atoms with van der Waals surface area (Å²) in [6.45, 7) is 22.9. The van der Waals surface area contributed by atoms with Crippen molar-refractivity contribution in [3.8, 4) is 0 Å². The molecule has 0 aromatic carbocycles. The molecule has 0 amide bonds. The number of aldehydes is 1. The lowest BCUT2D eigenvalue weighted by molar-refractivity contribution is -0.250. The van der Waals surface area contributed by atoms with E-state index >= 15 is 0 Å². The van der Waals surface area contributed by atoms with Crippen molar-refractivity contribution in [3.63, 3.8) is 0 Å². The van der Waals surface area contributed by atoms with Gasteiger partial charge in [0.1, 0.15) is 12.4 Å². The maximum Gasteiger partial charge on any atom is 0.333 e. The number of carbonyl (C=O) groups is 3. The molecule has 0 aromatic rings. The number of aliphatic hydroxyl groups excluding tert-OH is 2. The zero-order valence-corrected chi connectivity index (χ0v) is 30.9. The van der Waals surface area contributed by atoms with Crippen LogP contribution in [-0.4, -0.2) is 52.9 Å². The second-order valence-electron chi connectivity index (χ2n) is 18.2. The van der Waals surface area contributed by atoms with Gasteiger partial charge in [-0.3, -0.25) is 4.79 Å². The summed E-state index contributed by atoms with van der Waals surface area (Å²) in [5, 5.41) is 23.6. The fourth-order valence-electron chi connectivity index (χ4n) is 11.8. The van der Waals surface area contributed by atoms with Crippen molar-refractivity contribution in [2.24, 2.45) is 56.2 Å². The Bertz CT molecular complexity index is 1340. The molecule has 5 aliphatic carbocycles. The van der Waals surface area contributed by atoms with E-state index in [4.69, 9.17) is 9.47 Å². The number of allylic oxidation sites excluding steroid dienone is 3. The number of hydrogen-bond acceptors (Lipinski definition) is 7. The molecule has 2 N–H and O–H groups in total. The highest BCUT2D eigenvalue weighted by Gasteiger charge is 2.73. The maximum atomic E-state index is 13.7. The van der Waals surface area contributed by atoms with Gasteiger partial charge in [0.05, 0.1) is 23.5 Å². The van der Waals surface area contributed by atoms with E-state index in [0.29, 0.717) is 36.7 Å². The van der Waals surface area contributed by atoms with E-state index in [-0.39, 0.29) is 28.3 Å². The summed E-state index contributed by atoms with van der Waals surface area (Å²) >= 11 is 0. The molecule has 5 aliphatic rings. The molecule has 0 heterocycles. The molecule has 264 valence electrons. The summed E-state index contributed by atoms with van der Waals surface area (Å²) in [5.74, 6) is -1.00. The lowest BCUT2D eigenvalue weighted by atomic mass is 9.33. The number of hydrogen-bond donors (Lipinski definition) is 2. The zero-order chi connectivity index (χ0) is 35.1. The molecule has 0 aliphatic heterocycles. The second-order valence-corrected chi connectivity index (χ2v) is 18.2. The minimum absolute atomic E-state index is 0.0368. The van der Waals surface area contributed by atoms with Crippen LogP contribution < -0.4 is 0 Å². The summed E-state index contributed by atoms with van der Waals surface area (Å²) in [7, 11) is 0. The third kappa shape index (κ3) is 4.97. The van der Waals surface area contributed by atoms with Crippen LogP contribution in [0.1, 0.15) is 128 Å². The van der Waals surface area contributed by atoms with Gasteiger partial charge in [-0.25, -0.2) is 4.79 Å². The van der Waals surface area contributed by atoms with E-state index < -0.39 is 52.4 Å². The first-order chi connectivity index (χ1) is 21.7. The third-order valence-electron chi connectivity index (χ3n) is 15.4. The first kappa shape index (κ1) is 36.3. The lowest BCUT2D eigenvalue weighted by Crippen LogP contribution is -2.72. The third-order valence-corrected chi connectivity index (χ3v) is 15.4. The van der Waals surface area contributed by atoms with Gasteiger partial charge in [-0.1, -0.05) is 80.0 Å². The van der Waals surface area contributed by atoms with E-state index in [9.17, 15) is 24.6 Å². The number of rotatable bonds is 6. The van der Waals surface area contributed by atoms with Gasteiger partial charge in [-0.2, -0.15) is 0 Å². The van der Waals surface area contributed by atoms with Crippen molar-refractivity contribution in [2.75, 3.05) is 0 Å². The SMILES string of the molecule is C/C=C(/C)C(=O)O[C@H]1[C@H](OC(=O)C(C)CC)[C@]2(C=O)[C@H](O)C[C@]3(C)C(=CC[C@@H]4[C@@]5(C)CC[C@H](O)C(C)(C)C5CC[C@]43C)[C@@H]2CC1(C)C. The van der Waals surface area contributed by atoms with Gasteiger partial charge in [0, 0.05) is 11.0 Å². The standard InChI is InChI=1S/C40H62O7/c1-12-23(3)33(44)46-31-32(47-34(45)24(4)13-2)40(22-41)26(20-35(31,5)6)25-14-15-28-37(9)18-17-29(42)36(7,8)27(37)16-19-38(28,10)39(25,11)21-30(40)43/h12,14,22,24,26-32,42-43H,13,15-21H2,1-11H3/b23-12-/t24?,26-,27?,28+,29-,30+,31-,32-,37-,38+,39+,40-/m0/s1. The fourth-order valence-corrected chi connectivity index (χ4v) is 11.8. The Labute approximate surface area is 283 Å².